The summed E-state index contributed by atoms with van der Waals surface area (Å²) < 4.78 is 42.8. The first-order valence-corrected chi connectivity index (χ1v) is 12.6. The Hall–Kier alpha value is -2.26. The minimum atomic E-state index is -3.16. The molecule has 0 aromatic heterocycles. The first-order chi connectivity index (χ1) is 15.3. The lowest BCUT2D eigenvalue weighted by molar-refractivity contribution is 0.119. The van der Waals surface area contributed by atoms with Crippen LogP contribution in [0.2, 0.25) is 0 Å². The molecule has 172 valence electrons. The zero-order chi connectivity index (χ0) is 22.5. The largest absolute Gasteiger partial charge is 0.504 e. The van der Waals surface area contributed by atoms with Crippen molar-refractivity contribution in [1.82, 2.24) is 4.90 Å². The number of halogens is 1. The number of aromatic hydroxyl groups is 1. The third-order valence-corrected chi connectivity index (χ3v) is 8.22. The van der Waals surface area contributed by atoms with E-state index in [1.807, 2.05) is 18.2 Å². The van der Waals surface area contributed by atoms with E-state index in [-0.39, 0.29) is 17.9 Å². The van der Waals surface area contributed by atoms with Gasteiger partial charge in [0.25, 0.3) is 0 Å². The van der Waals surface area contributed by atoms with Crippen LogP contribution in [0, 0.1) is 5.82 Å². The normalized spacial score (nSPS) is 28.2. The van der Waals surface area contributed by atoms with E-state index in [0.717, 1.165) is 24.9 Å². The fraction of sp³-hybridized carbons (Fsp3) is 0.417. The highest BCUT2D eigenvalue weighted by atomic mass is 32.3. The lowest BCUT2D eigenvalue weighted by Crippen LogP contribution is -2.55. The van der Waals surface area contributed by atoms with Crippen molar-refractivity contribution in [2.24, 2.45) is 0 Å². The van der Waals surface area contributed by atoms with Crippen molar-refractivity contribution < 1.29 is 23.3 Å². The van der Waals surface area contributed by atoms with Crippen LogP contribution in [0.3, 0.4) is 0 Å². The van der Waals surface area contributed by atoms with E-state index in [2.05, 4.69) is 11.8 Å². The number of anilines is 1. The lowest BCUT2D eigenvalue weighted by atomic mass is 9.83. The molecule has 1 saturated carbocycles. The molecule has 1 saturated heterocycles. The van der Waals surface area contributed by atoms with E-state index in [9.17, 15) is 18.6 Å². The van der Waals surface area contributed by atoms with Crippen molar-refractivity contribution in [3.05, 3.63) is 65.3 Å². The van der Waals surface area contributed by atoms with Crippen LogP contribution in [-0.4, -0.2) is 43.3 Å². The van der Waals surface area contributed by atoms with Gasteiger partial charge in [-0.25, -0.2) is 4.39 Å². The zero-order valence-corrected chi connectivity index (χ0v) is 18.8. The topological polar surface area (TPSA) is 76.4 Å². The van der Waals surface area contributed by atoms with E-state index in [1.165, 1.54) is 17.5 Å². The van der Waals surface area contributed by atoms with Gasteiger partial charge in [0, 0.05) is 24.5 Å². The second-order valence-corrected chi connectivity index (χ2v) is 10.9. The van der Waals surface area contributed by atoms with Crippen LogP contribution in [0.5, 0.6) is 11.5 Å². The second-order valence-electron chi connectivity index (χ2n) is 9.13. The number of phenolic OH excluding ortho intramolecular Hbond substituents is 1. The van der Waals surface area contributed by atoms with Gasteiger partial charge in [0.1, 0.15) is 5.82 Å². The molecule has 2 aromatic carbocycles. The van der Waals surface area contributed by atoms with Gasteiger partial charge in [-0.1, -0.05) is 22.9 Å². The number of likely N-dealkylation sites (tertiary alicyclic amines) is 1. The van der Waals surface area contributed by atoms with Crippen LogP contribution >= 0.6 is 10.8 Å². The van der Waals surface area contributed by atoms with Crippen molar-refractivity contribution >= 4 is 16.5 Å². The number of nitrogens with zero attached hydrogens (tertiary/aromatic N) is 2. The maximum Gasteiger partial charge on any atom is 0.161 e. The Morgan fingerprint density at radius 2 is 2.00 bits per heavy atom. The Kier molecular flexibility index (Phi) is 5.36. The summed E-state index contributed by atoms with van der Waals surface area (Å²) in [6.45, 7) is 3.58. The predicted molar refractivity (Wildman–Crippen MR) is 124 cm³/mol. The SMILES string of the molecule is C[C@H]1C[C@@]2(C=CS(O)(O)N2c2cccc(F)c2)CCN1Cc1ccc(O)c(OC2CC2)c1. The molecule has 3 aliphatic rings. The minimum absolute atomic E-state index is 0.152. The first-order valence-electron chi connectivity index (χ1n) is 11.0. The molecule has 2 aliphatic heterocycles. The van der Waals surface area contributed by atoms with Crippen LogP contribution in [0.25, 0.3) is 0 Å². The van der Waals surface area contributed by atoms with Gasteiger partial charge >= 0.3 is 0 Å². The van der Waals surface area contributed by atoms with Gasteiger partial charge in [0.15, 0.2) is 11.5 Å². The van der Waals surface area contributed by atoms with E-state index in [1.54, 1.807) is 22.5 Å². The fourth-order valence-electron chi connectivity index (χ4n) is 4.85. The van der Waals surface area contributed by atoms with Crippen molar-refractivity contribution in [3.63, 3.8) is 0 Å². The van der Waals surface area contributed by atoms with Crippen LogP contribution in [0.15, 0.2) is 53.9 Å². The molecule has 5 rings (SSSR count). The summed E-state index contributed by atoms with van der Waals surface area (Å²) in [6, 6.07) is 11.7. The van der Waals surface area contributed by atoms with Gasteiger partial charge in [-0.15, -0.1) is 0 Å². The van der Waals surface area contributed by atoms with Gasteiger partial charge in [0.05, 0.1) is 17.3 Å². The molecule has 3 N–H and O–H groups in total. The lowest BCUT2D eigenvalue weighted by Gasteiger charge is -2.52. The highest BCUT2D eigenvalue weighted by Crippen LogP contribution is 2.60. The van der Waals surface area contributed by atoms with Crippen molar-refractivity contribution in [3.8, 4) is 11.5 Å². The Morgan fingerprint density at radius 1 is 1.19 bits per heavy atom. The molecule has 1 aliphatic carbocycles. The average molecular weight is 461 g/mol. The monoisotopic (exact) mass is 460 g/mol. The van der Waals surface area contributed by atoms with E-state index in [0.29, 0.717) is 30.8 Å². The summed E-state index contributed by atoms with van der Waals surface area (Å²) in [5.74, 6) is 0.302. The third kappa shape index (κ3) is 4.08. The summed E-state index contributed by atoms with van der Waals surface area (Å²) in [5.41, 5.74) is 0.975. The van der Waals surface area contributed by atoms with Gasteiger partial charge in [-0.05, 0) is 74.6 Å². The average Bonchev–Trinajstić information content (AvgIpc) is 3.51. The summed E-state index contributed by atoms with van der Waals surface area (Å²) in [5, 5.41) is 11.6. The van der Waals surface area contributed by atoms with Crippen molar-refractivity contribution in [2.45, 2.75) is 56.8 Å². The molecule has 0 bridgehead atoms. The molecule has 0 radical (unpaired) electrons. The number of phenols is 1. The molecule has 0 unspecified atom stereocenters. The van der Waals surface area contributed by atoms with Crippen LogP contribution < -0.4 is 9.04 Å². The summed E-state index contributed by atoms with van der Waals surface area (Å²) in [7, 11) is -3.16. The molecular weight excluding hydrogens is 431 g/mol. The van der Waals surface area contributed by atoms with E-state index < -0.39 is 22.1 Å². The molecule has 2 aromatic rings. The van der Waals surface area contributed by atoms with E-state index in [4.69, 9.17) is 4.74 Å². The van der Waals surface area contributed by atoms with Crippen LogP contribution in [0.4, 0.5) is 10.1 Å². The number of rotatable bonds is 5. The maximum atomic E-state index is 13.9. The molecular formula is C24H29FN2O4S. The van der Waals surface area contributed by atoms with Crippen molar-refractivity contribution in [1.29, 1.82) is 0 Å². The predicted octanol–water partition coefficient (Wildman–Crippen LogP) is 5.50. The number of benzene rings is 2. The minimum Gasteiger partial charge on any atom is -0.504 e. The molecule has 2 atom stereocenters. The molecule has 0 amide bonds. The maximum absolute atomic E-state index is 13.9. The first kappa shape index (κ1) is 21.6. The van der Waals surface area contributed by atoms with Gasteiger partial charge in [-0.3, -0.25) is 18.3 Å². The Morgan fingerprint density at radius 3 is 2.72 bits per heavy atom. The van der Waals surface area contributed by atoms with Crippen molar-refractivity contribution in [2.75, 3.05) is 10.8 Å². The van der Waals surface area contributed by atoms with Gasteiger partial charge < -0.3 is 9.84 Å². The highest BCUT2D eigenvalue weighted by molar-refractivity contribution is 8.28. The van der Waals surface area contributed by atoms with Gasteiger partial charge in [-0.2, -0.15) is 0 Å². The molecule has 32 heavy (non-hydrogen) atoms. The summed E-state index contributed by atoms with van der Waals surface area (Å²) >= 11 is 0. The quantitative estimate of drug-likeness (QED) is 0.547. The van der Waals surface area contributed by atoms with Gasteiger partial charge in [0.2, 0.25) is 0 Å². The standard InChI is InChI=1S/C24H29FN2O4S/c1-17-15-24(10-12-32(29,30)27(24)20-4-2-3-19(25)14-20)9-11-26(17)16-18-5-8-22(28)23(13-18)31-21-6-7-21/h2-5,8,10,12-14,17,21,28-30H,6-7,9,11,15-16H2,1H3/t17-,24-/m0/s1. The third-order valence-electron chi connectivity index (χ3n) is 6.61. The Balaban J connectivity index is 1.34. The molecule has 2 fully saturated rings. The number of hydrogen-bond donors (Lipinski definition) is 3. The number of ether oxygens (including phenoxy) is 1. The Bertz CT molecular complexity index is 1040. The molecule has 2 heterocycles. The second kappa shape index (κ2) is 7.95. The smallest absolute Gasteiger partial charge is 0.161 e. The highest BCUT2D eigenvalue weighted by Gasteiger charge is 2.49. The van der Waals surface area contributed by atoms with Crippen LogP contribution in [0.1, 0.15) is 38.2 Å². The fourth-order valence-corrected chi connectivity index (χ4v) is 6.59. The molecule has 6 nitrogen and oxygen atoms in total. The summed E-state index contributed by atoms with van der Waals surface area (Å²) in [6.07, 6.45) is 5.53. The molecule has 1 spiro atoms. The van der Waals surface area contributed by atoms with Crippen LogP contribution in [-0.2, 0) is 6.54 Å². The van der Waals surface area contributed by atoms with E-state index >= 15 is 0 Å². The number of piperidine rings is 1. The Labute approximate surface area is 189 Å². The summed E-state index contributed by atoms with van der Waals surface area (Å²) in [4.78, 5) is 2.35. The number of hydrogen-bond acceptors (Lipinski definition) is 6. The molecule has 8 heteroatoms. The zero-order valence-electron chi connectivity index (χ0n) is 18.0.